The molecule has 0 spiro atoms. The number of hydrogen-bond donors (Lipinski definition) is 2. The maximum atomic E-state index is 12.8. The lowest BCUT2D eigenvalue weighted by Gasteiger charge is -2.41. The number of carbonyl (C=O) groups is 2. The average Bonchev–Trinajstić information content (AvgIpc) is 3.25. The van der Waals surface area contributed by atoms with Crippen LogP contribution in [0.25, 0.3) is 22.4 Å². The van der Waals surface area contributed by atoms with Crippen LogP contribution in [0.15, 0.2) is 36.8 Å². The number of pyridine rings is 1. The molecule has 3 aromatic rings. The molecule has 13 heteroatoms. The number of nitrogens with zero attached hydrogens (tertiary/aromatic N) is 6. The number of rotatable bonds is 4. The lowest BCUT2D eigenvalue weighted by molar-refractivity contribution is -0.139. The molecule has 0 bridgehead atoms. The number of aromatic amines is 1. The Balaban J connectivity index is 1.64. The molecular weight excluding hydrogens is 453 g/mol. The quantitative estimate of drug-likeness (QED) is 0.595. The van der Waals surface area contributed by atoms with Crippen LogP contribution in [-0.2, 0) is 4.79 Å². The van der Waals surface area contributed by atoms with Gasteiger partial charge in [0.05, 0.1) is 6.54 Å². The Hall–Kier alpha value is -3.90. The van der Waals surface area contributed by atoms with E-state index in [-0.39, 0.29) is 25.7 Å². The molecule has 1 aliphatic heterocycles. The van der Waals surface area contributed by atoms with Gasteiger partial charge in [-0.1, -0.05) is 0 Å². The number of hydrogen-bond acceptors (Lipinski definition) is 6. The Labute approximate surface area is 192 Å². The summed E-state index contributed by atoms with van der Waals surface area (Å²) in [5, 5.41) is 2.74. The highest BCUT2D eigenvalue weighted by molar-refractivity contribution is 5.92. The van der Waals surface area contributed by atoms with Gasteiger partial charge in [0.25, 0.3) is 0 Å². The topological polar surface area (TPSA) is 110 Å². The van der Waals surface area contributed by atoms with Crippen LogP contribution < -0.4 is 10.2 Å². The van der Waals surface area contributed by atoms with Crippen LogP contribution in [0.4, 0.5) is 23.8 Å². The first-order chi connectivity index (χ1) is 16.1. The molecule has 34 heavy (non-hydrogen) atoms. The minimum Gasteiger partial charge on any atom is -0.345 e. The number of alkyl halides is 3. The summed E-state index contributed by atoms with van der Waals surface area (Å²) >= 11 is 0. The van der Waals surface area contributed by atoms with Crippen molar-refractivity contribution in [2.75, 3.05) is 45.2 Å². The molecule has 0 aliphatic carbocycles. The largest absolute Gasteiger partial charge is 0.405 e. The number of piperazine rings is 1. The summed E-state index contributed by atoms with van der Waals surface area (Å²) in [5.41, 5.74) is 1.36. The molecule has 3 amide bonds. The maximum absolute atomic E-state index is 12.8. The number of carbonyl (C=O) groups excluding carboxylic acids is 2. The number of nitrogens with one attached hydrogen (secondary N) is 2. The van der Waals surface area contributed by atoms with Crippen molar-refractivity contribution >= 4 is 28.8 Å². The van der Waals surface area contributed by atoms with E-state index in [4.69, 9.17) is 0 Å². The monoisotopic (exact) mass is 476 g/mol. The van der Waals surface area contributed by atoms with E-state index in [9.17, 15) is 22.8 Å². The first kappa shape index (κ1) is 23.3. The highest BCUT2D eigenvalue weighted by Gasteiger charge is 2.37. The van der Waals surface area contributed by atoms with E-state index < -0.39 is 24.7 Å². The Morgan fingerprint density at radius 1 is 1.21 bits per heavy atom. The third-order valence-corrected chi connectivity index (χ3v) is 5.43. The van der Waals surface area contributed by atoms with E-state index in [1.165, 1.54) is 16.0 Å². The third-order valence-electron chi connectivity index (χ3n) is 5.43. The fourth-order valence-electron chi connectivity index (χ4n) is 3.82. The van der Waals surface area contributed by atoms with Gasteiger partial charge in [-0.05, 0) is 18.2 Å². The van der Waals surface area contributed by atoms with E-state index in [1.54, 1.807) is 43.5 Å². The molecule has 1 aliphatic rings. The summed E-state index contributed by atoms with van der Waals surface area (Å²) in [6, 6.07) is 3.84. The Kier molecular flexibility index (Phi) is 6.26. The second-order valence-electron chi connectivity index (χ2n) is 8.01. The first-order valence-corrected chi connectivity index (χ1v) is 10.5. The van der Waals surface area contributed by atoms with Crippen molar-refractivity contribution in [3.8, 4) is 11.4 Å². The second-order valence-corrected chi connectivity index (χ2v) is 8.01. The molecule has 1 fully saturated rings. The van der Waals surface area contributed by atoms with Gasteiger partial charge >= 0.3 is 12.2 Å². The van der Waals surface area contributed by atoms with E-state index >= 15 is 0 Å². The van der Waals surface area contributed by atoms with Gasteiger partial charge in [-0.25, -0.2) is 19.7 Å². The van der Waals surface area contributed by atoms with Crippen LogP contribution >= 0.6 is 0 Å². The molecule has 1 atom stereocenters. The zero-order chi connectivity index (χ0) is 24.5. The van der Waals surface area contributed by atoms with Gasteiger partial charge in [0.1, 0.15) is 24.1 Å². The van der Waals surface area contributed by atoms with Gasteiger partial charge in [0.15, 0.2) is 5.82 Å². The summed E-state index contributed by atoms with van der Waals surface area (Å²) in [7, 11) is 3.14. The van der Waals surface area contributed by atoms with Crippen molar-refractivity contribution in [1.29, 1.82) is 0 Å². The SMILES string of the molecule is CN(C)C(=O)N1CCN(c2ccnc(-c3c[nH]c4ncccc34)n2)[C@@H](C(=O)NCC(F)(F)F)C1. The van der Waals surface area contributed by atoms with Crippen molar-refractivity contribution in [1.82, 2.24) is 35.1 Å². The van der Waals surface area contributed by atoms with Gasteiger partial charge in [-0.15, -0.1) is 0 Å². The highest BCUT2D eigenvalue weighted by atomic mass is 19.4. The van der Waals surface area contributed by atoms with Crippen LogP contribution in [0, 0.1) is 0 Å². The number of H-pyrrole nitrogens is 1. The molecule has 4 rings (SSSR count). The van der Waals surface area contributed by atoms with Crippen molar-refractivity contribution in [3.63, 3.8) is 0 Å². The predicted molar refractivity (Wildman–Crippen MR) is 118 cm³/mol. The third kappa shape index (κ3) is 4.87. The Bertz CT molecular complexity index is 1200. The molecule has 0 radical (unpaired) electrons. The molecule has 180 valence electrons. The molecule has 0 saturated carbocycles. The van der Waals surface area contributed by atoms with E-state index in [0.29, 0.717) is 22.9 Å². The highest BCUT2D eigenvalue weighted by Crippen LogP contribution is 2.27. The van der Waals surface area contributed by atoms with Gasteiger partial charge < -0.3 is 25.0 Å². The molecule has 4 heterocycles. The van der Waals surface area contributed by atoms with Gasteiger partial charge in [0.2, 0.25) is 5.91 Å². The van der Waals surface area contributed by atoms with Crippen LogP contribution in [0.1, 0.15) is 0 Å². The molecule has 10 nitrogen and oxygen atoms in total. The molecule has 1 saturated heterocycles. The van der Waals surface area contributed by atoms with Crippen molar-refractivity contribution in [3.05, 3.63) is 36.8 Å². The Morgan fingerprint density at radius 3 is 2.74 bits per heavy atom. The van der Waals surface area contributed by atoms with Crippen molar-refractivity contribution in [2.24, 2.45) is 0 Å². The molecule has 0 unspecified atom stereocenters. The zero-order valence-electron chi connectivity index (χ0n) is 18.5. The van der Waals surface area contributed by atoms with Crippen LogP contribution in [-0.4, -0.2) is 94.2 Å². The molecule has 3 aromatic heterocycles. The Morgan fingerprint density at radius 2 is 2.00 bits per heavy atom. The summed E-state index contributed by atoms with van der Waals surface area (Å²) in [4.78, 5) is 45.8. The number of fused-ring (bicyclic) bond motifs is 1. The minimum absolute atomic E-state index is 0.0863. The van der Waals surface area contributed by atoms with Gasteiger partial charge in [0, 0.05) is 56.7 Å². The van der Waals surface area contributed by atoms with Crippen molar-refractivity contribution < 1.29 is 22.8 Å². The lowest BCUT2D eigenvalue weighted by atomic mass is 10.1. The number of anilines is 1. The van der Waals surface area contributed by atoms with Crippen LogP contribution in [0.3, 0.4) is 0 Å². The lowest BCUT2D eigenvalue weighted by Crippen LogP contribution is -2.62. The first-order valence-electron chi connectivity index (χ1n) is 10.5. The van der Waals surface area contributed by atoms with E-state index in [0.717, 1.165) is 5.39 Å². The smallest absolute Gasteiger partial charge is 0.345 e. The second kappa shape index (κ2) is 9.15. The molecule has 0 aromatic carbocycles. The normalized spacial score (nSPS) is 16.6. The summed E-state index contributed by atoms with van der Waals surface area (Å²) in [5.74, 6) is -0.101. The van der Waals surface area contributed by atoms with E-state index in [1.807, 2.05) is 11.4 Å². The minimum atomic E-state index is -4.56. The van der Waals surface area contributed by atoms with Gasteiger partial charge in [-0.2, -0.15) is 13.2 Å². The molecular formula is C21H23F3N8O2. The van der Waals surface area contributed by atoms with Gasteiger partial charge in [-0.3, -0.25) is 4.79 Å². The average molecular weight is 476 g/mol. The maximum Gasteiger partial charge on any atom is 0.405 e. The van der Waals surface area contributed by atoms with E-state index in [2.05, 4.69) is 19.9 Å². The fraction of sp³-hybridized carbons (Fsp3) is 0.381. The number of urea groups is 1. The summed E-state index contributed by atoms with van der Waals surface area (Å²) < 4.78 is 38.2. The summed E-state index contributed by atoms with van der Waals surface area (Å²) in [6.45, 7) is -1.07. The molecule has 2 N–H and O–H groups in total. The summed E-state index contributed by atoms with van der Waals surface area (Å²) in [6.07, 6.45) is 0.338. The fourth-order valence-corrected chi connectivity index (χ4v) is 3.82. The zero-order valence-corrected chi connectivity index (χ0v) is 18.5. The predicted octanol–water partition coefficient (Wildman–Crippen LogP) is 1.87. The van der Waals surface area contributed by atoms with Crippen LogP contribution in [0.5, 0.6) is 0 Å². The van der Waals surface area contributed by atoms with Crippen LogP contribution in [0.2, 0.25) is 0 Å². The van der Waals surface area contributed by atoms with Crippen molar-refractivity contribution in [2.45, 2.75) is 12.2 Å². The number of aromatic nitrogens is 4. The standard InChI is InChI=1S/C21H23F3N8O2/c1-30(2)20(34)31-8-9-32(15(11-31)19(33)28-12-21(22,23)24)16-5-7-26-18(29-16)14-10-27-17-13(14)4-3-6-25-17/h3-7,10,15H,8-9,11-12H2,1-2H3,(H,25,27)(H,28,33)/t15-/m1/s1. The number of amides is 3. The number of halogens is 3.